The van der Waals surface area contributed by atoms with E-state index in [1.807, 2.05) is 0 Å². The first-order valence-electron chi connectivity index (χ1n) is 27.4. The fourth-order valence-corrected chi connectivity index (χ4v) is 8.20. The second-order valence-electron chi connectivity index (χ2n) is 18.6. The monoisotopic (exact) mass is 884 g/mol. The number of allylic oxidation sites excluding steroid dienone is 8. The Morgan fingerprint density at radius 1 is 0.460 bits per heavy atom. The van der Waals surface area contributed by atoms with Crippen molar-refractivity contribution in [1.29, 1.82) is 0 Å². The minimum absolute atomic E-state index is 0.0493. The quantitative estimate of drug-likeness (QED) is 0.0321. The van der Waals surface area contributed by atoms with Gasteiger partial charge < -0.3 is 20.3 Å². The van der Waals surface area contributed by atoms with E-state index in [1.165, 1.54) is 154 Å². The highest BCUT2D eigenvalue weighted by Gasteiger charge is 2.24. The summed E-state index contributed by atoms with van der Waals surface area (Å²) in [6.07, 6.45) is 61.7. The molecule has 0 radical (unpaired) electrons. The van der Waals surface area contributed by atoms with Gasteiger partial charge >= 0.3 is 5.97 Å². The van der Waals surface area contributed by atoms with Crippen LogP contribution in [-0.2, 0) is 14.3 Å². The van der Waals surface area contributed by atoms with Crippen molar-refractivity contribution in [3.05, 3.63) is 48.6 Å². The van der Waals surface area contributed by atoms with Crippen LogP contribution in [0.25, 0.3) is 0 Å². The van der Waals surface area contributed by atoms with Crippen molar-refractivity contribution in [3.63, 3.8) is 0 Å². The highest BCUT2D eigenvalue weighted by atomic mass is 16.5. The lowest BCUT2D eigenvalue weighted by atomic mass is 10.0. The van der Waals surface area contributed by atoms with Crippen LogP contribution in [0.15, 0.2) is 48.6 Å². The lowest BCUT2D eigenvalue weighted by Crippen LogP contribution is -2.46. The van der Waals surface area contributed by atoms with E-state index < -0.39 is 18.2 Å². The second kappa shape index (κ2) is 50.8. The standard InChI is InChI=1S/C57H105NO5/c1-4-7-10-13-16-19-22-24-26-27-28-30-32-35-38-41-44-47-50-57(62)63-53(48-45-42-39-36-34-31-29-25-23-20-17-14-11-8-5-2)51-56(61)58-54(52-59)55(60)49-46-43-40-37-33-21-18-15-12-9-6-3/h17,20,25,28-30,34,36,53-55,59-60H,4-16,18-19,21-24,26-27,31-33,35,37-52H2,1-3H3,(H,58,61)/b20-17-,29-25-,30-28+,36-34-. The topological polar surface area (TPSA) is 95.9 Å². The first kappa shape index (κ1) is 60.8. The highest BCUT2D eigenvalue weighted by Crippen LogP contribution is 2.17. The average molecular weight is 884 g/mol. The Labute approximate surface area is 391 Å². The molecule has 0 spiro atoms. The van der Waals surface area contributed by atoms with Crippen LogP contribution in [0.1, 0.15) is 278 Å². The molecule has 0 bridgehead atoms. The van der Waals surface area contributed by atoms with Crippen molar-refractivity contribution in [2.24, 2.45) is 0 Å². The normalized spacial score (nSPS) is 13.5. The van der Waals surface area contributed by atoms with E-state index in [2.05, 4.69) is 74.7 Å². The third-order valence-corrected chi connectivity index (χ3v) is 12.4. The number of rotatable bonds is 49. The first-order chi connectivity index (χ1) is 31.0. The molecule has 6 nitrogen and oxygen atoms in total. The van der Waals surface area contributed by atoms with Crippen LogP contribution < -0.4 is 5.32 Å². The van der Waals surface area contributed by atoms with E-state index >= 15 is 0 Å². The third-order valence-electron chi connectivity index (χ3n) is 12.4. The van der Waals surface area contributed by atoms with E-state index in [-0.39, 0.29) is 24.9 Å². The van der Waals surface area contributed by atoms with Crippen molar-refractivity contribution >= 4 is 11.9 Å². The number of hydrogen-bond acceptors (Lipinski definition) is 5. The maximum Gasteiger partial charge on any atom is 0.306 e. The maximum absolute atomic E-state index is 13.2. The average Bonchev–Trinajstić information content (AvgIpc) is 3.28. The number of nitrogens with one attached hydrogen (secondary N) is 1. The molecule has 0 aromatic heterocycles. The number of hydrogen-bond donors (Lipinski definition) is 3. The molecule has 0 aliphatic carbocycles. The Hall–Kier alpha value is -2.18. The van der Waals surface area contributed by atoms with Gasteiger partial charge in [-0.15, -0.1) is 0 Å². The van der Waals surface area contributed by atoms with E-state index in [1.54, 1.807) is 0 Å². The molecule has 6 heteroatoms. The molecule has 3 atom stereocenters. The van der Waals surface area contributed by atoms with Gasteiger partial charge in [0.1, 0.15) is 6.10 Å². The largest absolute Gasteiger partial charge is 0.462 e. The molecular weight excluding hydrogens is 779 g/mol. The highest BCUT2D eigenvalue weighted by molar-refractivity contribution is 5.77. The molecule has 0 aromatic rings. The van der Waals surface area contributed by atoms with Gasteiger partial charge in [0.05, 0.1) is 25.2 Å². The molecule has 3 N–H and O–H groups in total. The first-order valence-corrected chi connectivity index (χ1v) is 27.4. The minimum Gasteiger partial charge on any atom is -0.462 e. The number of aliphatic hydroxyl groups is 2. The Bertz CT molecular complexity index is 1080. The van der Waals surface area contributed by atoms with Crippen LogP contribution in [0, 0.1) is 0 Å². The van der Waals surface area contributed by atoms with E-state index in [0.717, 1.165) is 77.0 Å². The summed E-state index contributed by atoms with van der Waals surface area (Å²) in [5.74, 6) is -0.514. The van der Waals surface area contributed by atoms with Crippen molar-refractivity contribution in [2.75, 3.05) is 6.61 Å². The fraction of sp³-hybridized carbons (Fsp3) is 0.825. The molecule has 368 valence electrons. The number of aliphatic hydroxyl groups excluding tert-OH is 2. The molecule has 0 rings (SSSR count). The molecule has 0 aliphatic heterocycles. The van der Waals surface area contributed by atoms with Gasteiger partial charge in [-0.05, 0) is 89.9 Å². The predicted molar refractivity (Wildman–Crippen MR) is 273 cm³/mol. The zero-order valence-electron chi connectivity index (χ0n) is 42.0. The molecule has 63 heavy (non-hydrogen) atoms. The summed E-state index contributed by atoms with van der Waals surface area (Å²) in [5.41, 5.74) is 0. The summed E-state index contributed by atoms with van der Waals surface area (Å²) in [4.78, 5) is 26.2. The van der Waals surface area contributed by atoms with Crippen molar-refractivity contribution in [1.82, 2.24) is 5.32 Å². The lowest BCUT2D eigenvalue weighted by molar-refractivity contribution is -0.151. The summed E-state index contributed by atoms with van der Waals surface area (Å²) in [7, 11) is 0. The van der Waals surface area contributed by atoms with Crippen molar-refractivity contribution in [2.45, 2.75) is 296 Å². The van der Waals surface area contributed by atoms with Crippen LogP contribution >= 0.6 is 0 Å². The predicted octanol–water partition coefficient (Wildman–Crippen LogP) is 16.6. The Kier molecular flexibility index (Phi) is 49.1. The van der Waals surface area contributed by atoms with E-state index in [0.29, 0.717) is 19.3 Å². The summed E-state index contributed by atoms with van der Waals surface area (Å²) in [5, 5.41) is 23.8. The third kappa shape index (κ3) is 46.2. The molecule has 0 fully saturated rings. The van der Waals surface area contributed by atoms with Gasteiger partial charge in [-0.3, -0.25) is 9.59 Å². The van der Waals surface area contributed by atoms with Crippen LogP contribution in [0.2, 0.25) is 0 Å². The molecular formula is C57H105NO5. The molecule has 1 amide bonds. The van der Waals surface area contributed by atoms with Gasteiger partial charge in [0, 0.05) is 6.42 Å². The van der Waals surface area contributed by atoms with Gasteiger partial charge in [-0.25, -0.2) is 0 Å². The van der Waals surface area contributed by atoms with Crippen LogP contribution in [-0.4, -0.2) is 46.9 Å². The summed E-state index contributed by atoms with van der Waals surface area (Å²) < 4.78 is 5.93. The summed E-state index contributed by atoms with van der Waals surface area (Å²) in [6, 6.07) is -0.715. The molecule has 0 saturated carbocycles. The molecule has 3 unspecified atom stereocenters. The summed E-state index contributed by atoms with van der Waals surface area (Å²) >= 11 is 0. The van der Waals surface area contributed by atoms with Crippen molar-refractivity contribution in [3.8, 4) is 0 Å². The van der Waals surface area contributed by atoms with Crippen LogP contribution in [0.3, 0.4) is 0 Å². The fourth-order valence-electron chi connectivity index (χ4n) is 8.20. The number of ether oxygens (including phenoxy) is 1. The van der Waals surface area contributed by atoms with Gasteiger partial charge in [0.2, 0.25) is 5.91 Å². The zero-order valence-corrected chi connectivity index (χ0v) is 42.0. The SMILES string of the molecule is CCCCC/C=C\C/C=C\C/C=C\CCCCC(CC(=O)NC(CO)C(O)CCCCCCCCCCCCC)OC(=O)CCCCCCC/C=C/CCCCCCCCCCC. The number of unbranched alkanes of at least 4 members (excludes halogenated alkanes) is 29. The van der Waals surface area contributed by atoms with Crippen molar-refractivity contribution < 1.29 is 24.5 Å². The van der Waals surface area contributed by atoms with Gasteiger partial charge in [-0.1, -0.05) is 223 Å². The lowest BCUT2D eigenvalue weighted by Gasteiger charge is -2.24. The minimum atomic E-state index is -0.798. The van der Waals surface area contributed by atoms with E-state index in [4.69, 9.17) is 4.74 Å². The summed E-state index contributed by atoms with van der Waals surface area (Å²) in [6.45, 7) is 6.45. The number of carbonyl (C=O) groups is 2. The Morgan fingerprint density at radius 3 is 1.29 bits per heavy atom. The maximum atomic E-state index is 13.2. The van der Waals surface area contributed by atoms with Crippen LogP contribution in [0.5, 0.6) is 0 Å². The molecule has 0 aliphatic rings. The number of carbonyl (C=O) groups excluding carboxylic acids is 2. The Morgan fingerprint density at radius 2 is 0.810 bits per heavy atom. The van der Waals surface area contributed by atoms with Crippen LogP contribution in [0.4, 0.5) is 0 Å². The van der Waals surface area contributed by atoms with Gasteiger partial charge in [0.25, 0.3) is 0 Å². The molecule has 0 saturated heterocycles. The Balaban J connectivity index is 4.62. The smallest absolute Gasteiger partial charge is 0.306 e. The molecule has 0 heterocycles. The number of amides is 1. The molecule has 0 aromatic carbocycles. The number of esters is 1. The zero-order chi connectivity index (χ0) is 45.9. The van der Waals surface area contributed by atoms with E-state index in [9.17, 15) is 19.8 Å². The second-order valence-corrected chi connectivity index (χ2v) is 18.6. The van der Waals surface area contributed by atoms with Gasteiger partial charge in [-0.2, -0.15) is 0 Å². The van der Waals surface area contributed by atoms with Gasteiger partial charge in [0.15, 0.2) is 0 Å².